The fourth-order valence-electron chi connectivity index (χ4n) is 4.41. The summed E-state index contributed by atoms with van der Waals surface area (Å²) in [4.78, 5) is 0. The van der Waals surface area contributed by atoms with Gasteiger partial charge in [-0.25, -0.2) is 30.7 Å². The molecule has 0 aliphatic rings. The van der Waals surface area contributed by atoms with Crippen LogP contribution < -0.4 is 4.74 Å². The van der Waals surface area contributed by atoms with Gasteiger partial charge in [-0.2, -0.15) is 0 Å². The summed E-state index contributed by atoms with van der Waals surface area (Å²) in [5, 5.41) is -1.83. The predicted octanol–water partition coefficient (Wildman–Crippen LogP) is 8.31. The SMILES string of the molecule is COc1cc(F)c(-c2c3cccc(F)c3c(-c3ccc(F)cc3F)c3c(F)ccc(F)c23)c(F)c1. The minimum absolute atomic E-state index is 0.166. The van der Waals surface area contributed by atoms with Crippen molar-refractivity contribution in [1.29, 1.82) is 0 Å². The summed E-state index contributed by atoms with van der Waals surface area (Å²) in [6.07, 6.45) is 0. The molecular formula is C27H13F7O. The van der Waals surface area contributed by atoms with Gasteiger partial charge in [0.15, 0.2) is 0 Å². The lowest BCUT2D eigenvalue weighted by Crippen LogP contribution is -2.01. The van der Waals surface area contributed by atoms with E-state index in [1.165, 1.54) is 19.2 Å². The lowest BCUT2D eigenvalue weighted by molar-refractivity contribution is 0.407. The topological polar surface area (TPSA) is 9.23 Å². The lowest BCUT2D eigenvalue weighted by Gasteiger charge is -2.20. The van der Waals surface area contributed by atoms with Gasteiger partial charge in [-0.15, -0.1) is 0 Å². The third-order valence-corrected chi connectivity index (χ3v) is 5.84. The van der Waals surface area contributed by atoms with Crippen LogP contribution in [0.3, 0.4) is 0 Å². The van der Waals surface area contributed by atoms with Crippen LogP contribution in [0.2, 0.25) is 0 Å². The molecule has 0 aliphatic carbocycles. The van der Waals surface area contributed by atoms with Crippen molar-refractivity contribution in [3.05, 3.63) is 101 Å². The molecule has 5 aromatic carbocycles. The number of hydrogen-bond donors (Lipinski definition) is 0. The van der Waals surface area contributed by atoms with Crippen molar-refractivity contribution in [1.82, 2.24) is 0 Å². The van der Waals surface area contributed by atoms with Crippen LogP contribution in [0, 0.1) is 40.7 Å². The summed E-state index contributed by atoms with van der Waals surface area (Å²) in [6, 6.07) is 8.99. The van der Waals surface area contributed by atoms with E-state index >= 15 is 22.0 Å². The highest BCUT2D eigenvalue weighted by Gasteiger charge is 2.28. The molecule has 8 heteroatoms. The minimum Gasteiger partial charge on any atom is -0.497 e. The summed E-state index contributed by atoms with van der Waals surface area (Å²) >= 11 is 0. The first-order valence-corrected chi connectivity index (χ1v) is 10.2. The second kappa shape index (κ2) is 8.30. The highest BCUT2D eigenvalue weighted by atomic mass is 19.2. The molecule has 5 aromatic rings. The highest BCUT2D eigenvalue weighted by Crippen LogP contribution is 2.48. The van der Waals surface area contributed by atoms with Gasteiger partial charge in [-0.3, -0.25) is 0 Å². The molecule has 0 aliphatic heterocycles. The first-order chi connectivity index (χ1) is 16.7. The van der Waals surface area contributed by atoms with E-state index in [1.807, 2.05) is 0 Å². The normalized spacial score (nSPS) is 11.4. The Morgan fingerprint density at radius 2 is 1.11 bits per heavy atom. The van der Waals surface area contributed by atoms with E-state index < -0.39 is 79.1 Å². The second-order valence-corrected chi connectivity index (χ2v) is 7.78. The molecule has 1 nitrogen and oxygen atoms in total. The number of fused-ring (bicyclic) bond motifs is 2. The Balaban J connectivity index is 2.11. The number of methoxy groups -OCH3 is 1. The molecular weight excluding hydrogens is 473 g/mol. The van der Waals surface area contributed by atoms with E-state index in [1.54, 1.807) is 0 Å². The summed E-state index contributed by atoms with van der Waals surface area (Å²) in [7, 11) is 1.19. The Morgan fingerprint density at radius 1 is 0.514 bits per heavy atom. The Bertz CT molecular complexity index is 1640. The van der Waals surface area contributed by atoms with E-state index in [-0.39, 0.29) is 11.1 Å². The van der Waals surface area contributed by atoms with Gasteiger partial charge >= 0.3 is 0 Å². The Labute approximate surface area is 194 Å². The average molecular weight is 486 g/mol. The molecule has 0 fully saturated rings. The molecule has 0 N–H and O–H groups in total. The zero-order valence-electron chi connectivity index (χ0n) is 17.8. The number of halogens is 7. The maximum Gasteiger partial charge on any atom is 0.137 e. The molecule has 0 unspecified atom stereocenters. The van der Waals surface area contributed by atoms with Crippen molar-refractivity contribution in [2.45, 2.75) is 0 Å². The molecule has 0 atom stereocenters. The van der Waals surface area contributed by atoms with E-state index in [2.05, 4.69) is 0 Å². The fourth-order valence-corrected chi connectivity index (χ4v) is 4.41. The third kappa shape index (κ3) is 3.48. The van der Waals surface area contributed by atoms with Crippen molar-refractivity contribution in [2.75, 3.05) is 7.11 Å². The second-order valence-electron chi connectivity index (χ2n) is 7.78. The summed E-state index contributed by atoms with van der Waals surface area (Å²) < 4.78 is 110. The molecule has 0 radical (unpaired) electrons. The van der Waals surface area contributed by atoms with Crippen molar-refractivity contribution >= 4 is 21.5 Å². The molecule has 0 heterocycles. The molecule has 0 saturated carbocycles. The molecule has 0 spiro atoms. The van der Waals surface area contributed by atoms with Gasteiger partial charge in [0.25, 0.3) is 0 Å². The van der Waals surface area contributed by atoms with Gasteiger partial charge in [0.05, 0.1) is 12.7 Å². The van der Waals surface area contributed by atoms with Crippen LogP contribution in [0.5, 0.6) is 5.75 Å². The highest BCUT2D eigenvalue weighted by molar-refractivity contribution is 6.22. The van der Waals surface area contributed by atoms with Crippen molar-refractivity contribution in [3.8, 4) is 28.0 Å². The summed E-state index contributed by atoms with van der Waals surface area (Å²) in [5.74, 6) is -7.76. The van der Waals surface area contributed by atoms with E-state index in [9.17, 15) is 8.78 Å². The van der Waals surface area contributed by atoms with Crippen LogP contribution >= 0.6 is 0 Å². The molecule has 5 rings (SSSR count). The molecule has 0 bridgehead atoms. The van der Waals surface area contributed by atoms with Gasteiger partial charge in [-0.05, 0) is 35.7 Å². The Hall–Kier alpha value is -4.07. The first-order valence-electron chi connectivity index (χ1n) is 10.2. The first kappa shape index (κ1) is 22.7. The molecule has 0 aromatic heterocycles. The van der Waals surface area contributed by atoms with Crippen molar-refractivity contribution in [3.63, 3.8) is 0 Å². The smallest absolute Gasteiger partial charge is 0.137 e. The van der Waals surface area contributed by atoms with E-state index in [4.69, 9.17) is 4.74 Å². The average Bonchev–Trinajstić information content (AvgIpc) is 2.81. The van der Waals surface area contributed by atoms with Crippen LogP contribution in [0.25, 0.3) is 43.8 Å². The van der Waals surface area contributed by atoms with E-state index in [0.29, 0.717) is 6.07 Å². The number of ether oxygens (including phenoxy) is 1. The van der Waals surface area contributed by atoms with E-state index in [0.717, 1.165) is 42.5 Å². The maximum absolute atomic E-state index is 15.3. The van der Waals surface area contributed by atoms with Crippen LogP contribution in [-0.4, -0.2) is 7.11 Å². The maximum atomic E-state index is 15.3. The Morgan fingerprint density at radius 3 is 1.71 bits per heavy atom. The van der Waals surface area contributed by atoms with Crippen LogP contribution in [-0.2, 0) is 0 Å². The molecule has 176 valence electrons. The zero-order valence-corrected chi connectivity index (χ0v) is 17.8. The molecule has 0 saturated heterocycles. The quantitative estimate of drug-likeness (QED) is 0.184. The molecule has 35 heavy (non-hydrogen) atoms. The van der Waals surface area contributed by atoms with Gasteiger partial charge < -0.3 is 4.74 Å². The van der Waals surface area contributed by atoms with Gasteiger partial charge in [0.2, 0.25) is 0 Å². The summed E-state index contributed by atoms with van der Waals surface area (Å²) in [5.41, 5.74) is -2.05. The largest absolute Gasteiger partial charge is 0.497 e. The monoisotopic (exact) mass is 486 g/mol. The van der Waals surface area contributed by atoms with Crippen LogP contribution in [0.4, 0.5) is 30.7 Å². The van der Waals surface area contributed by atoms with Gasteiger partial charge in [0, 0.05) is 51.0 Å². The number of benzene rings is 5. The summed E-state index contributed by atoms with van der Waals surface area (Å²) in [6.45, 7) is 0. The lowest BCUT2D eigenvalue weighted by atomic mass is 9.84. The third-order valence-electron chi connectivity index (χ3n) is 5.84. The van der Waals surface area contributed by atoms with Crippen LogP contribution in [0.1, 0.15) is 0 Å². The standard InChI is InChI=1S/C27H13F7O/c1-35-13-10-20(33)25(21(34)11-13)24-15-3-2-4-16(29)22(15)23(14-6-5-12(28)9-19(14)32)26-17(30)7-8-18(31)27(24)26/h2-11H,1H3. The van der Waals surface area contributed by atoms with Crippen molar-refractivity contribution < 1.29 is 35.5 Å². The number of rotatable bonds is 3. The zero-order chi connectivity index (χ0) is 25.0. The molecule has 0 amide bonds. The minimum atomic E-state index is -1.17. The number of hydrogen-bond acceptors (Lipinski definition) is 1. The predicted molar refractivity (Wildman–Crippen MR) is 119 cm³/mol. The fraction of sp³-hybridized carbons (Fsp3) is 0.0370. The van der Waals surface area contributed by atoms with Gasteiger partial charge in [0.1, 0.15) is 46.5 Å². The van der Waals surface area contributed by atoms with Crippen molar-refractivity contribution in [2.24, 2.45) is 0 Å². The Kier molecular flexibility index (Phi) is 5.39. The van der Waals surface area contributed by atoms with Gasteiger partial charge in [-0.1, -0.05) is 12.1 Å². The van der Waals surface area contributed by atoms with Crippen LogP contribution in [0.15, 0.2) is 60.7 Å².